The molecule has 0 heterocycles. The van der Waals surface area contributed by atoms with Gasteiger partial charge in [0.25, 0.3) is 0 Å². The SMILES string of the molecule is CCCCCCCC(C)Nc1c(Cl)cc(F)cc1Cl. The van der Waals surface area contributed by atoms with Gasteiger partial charge in [-0.3, -0.25) is 0 Å². The summed E-state index contributed by atoms with van der Waals surface area (Å²) < 4.78 is 13.1. The van der Waals surface area contributed by atoms with E-state index in [2.05, 4.69) is 19.2 Å². The second kappa shape index (κ2) is 8.65. The van der Waals surface area contributed by atoms with E-state index in [9.17, 15) is 4.39 Å². The van der Waals surface area contributed by atoms with Gasteiger partial charge >= 0.3 is 0 Å². The molecule has 0 saturated heterocycles. The van der Waals surface area contributed by atoms with Crippen molar-refractivity contribution in [1.82, 2.24) is 0 Å². The minimum atomic E-state index is -0.409. The topological polar surface area (TPSA) is 12.0 Å². The fraction of sp³-hybridized carbons (Fsp3) is 0.600. The van der Waals surface area contributed by atoms with Crippen LogP contribution in [0.5, 0.6) is 0 Å². The number of hydrogen-bond donors (Lipinski definition) is 1. The summed E-state index contributed by atoms with van der Waals surface area (Å²) in [5.41, 5.74) is 0.630. The highest BCUT2D eigenvalue weighted by Gasteiger charge is 2.11. The average Bonchev–Trinajstić information content (AvgIpc) is 2.33. The maximum atomic E-state index is 13.1. The zero-order chi connectivity index (χ0) is 14.3. The van der Waals surface area contributed by atoms with Crippen LogP contribution in [0.1, 0.15) is 52.4 Å². The van der Waals surface area contributed by atoms with Gasteiger partial charge in [0.2, 0.25) is 0 Å². The van der Waals surface area contributed by atoms with Crippen LogP contribution in [0.3, 0.4) is 0 Å². The highest BCUT2D eigenvalue weighted by Crippen LogP contribution is 2.32. The van der Waals surface area contributed by atoms with Crippen molar-refractivity contribution in [3.63, 3.8) is 0 Å². The van der Waals surface area contributed by atoms with Gasteiger partial charge in [0.1, 0.15) is 5.82 Å². The molecular formula is C15H22Cl2FN. The lowest BCUT2D eigenvalue weighted by molar-refractivity contribution is 0.578. The second-order valence-electron chi connectivity index (χ2n) is 4.99. The van der Waals surface area contributed by atoms with Crippen LogP contribution < -0.4 is 5.32 Å². The van der Waals surface area contributed by atoms with E-state index in [0.29, 0.717) is 15.7 Å². The standard InChI is InChI=1S/C15H22Cl2FN/c1-3-4-5-6-7-8-11(2)19-15-13(16)9-12(18)10-14(15)17/h9-11,19H,3-8H2,1-2H3. The summed E-state index contributed by atoms with van der Waals surface area (Å²) in [7, 11) is 0. The van der Waals surface area contributed by atoms with Gasteiger partial charge in [-0.05, 0) is 25.5 Å². The third-order valence-corrected chi connectivity index (χ3v) is 3.73. The molecule has 1 aromatic carbocycles. The smallest absolute Gasteiger partial charge is 0.126 e. The Morgan fingerprint density at radius 2 is 1.68 bits per heavy atom. The van der Waals surface area contributed by atoms with Crippen LogP contribution in [0.4, 0.5) is 10.1 Å². The molecule has 1 rings (SSSR count). The molecule has 0 aromatic heterocycles. The van der Waals surface area contributed by atoms with Crippen LogP contribution in [-0.2, 0) is 0 Å². The van der Waals surface area contributed by atoms with Crippen molar-refractivity contribution in [2.24, 2.45) is 0 Å². The Labute approximate surface area is 125 Å². The molecule has 108 valence electrons. The van der Waals surface area contributed by atoms with Gasteiger partial charge in [0.05, 0.1) is 15.7 Å². The van der Waals surface area contributed by atoms with Gasteiger partial charge in [-0.2, -0.15) is 0 Å². The van der Waals surface area contributed by atoms with E-state index in [1.165, 1.54) is 44.2 Å². The van der Waals surface area contributed by atoms with Crippen LogP contribution in [0.2, 0.25) is 10.0 Å². The minimum Gasteiger partial charge on any atom is -0.380 e. The Morgan fingerprint density at radius 1 is 1.11 bits per heavy atom. The maximum Gasteiger partial charge on any atom is 0.126 e. The number of anilines is 1. The zero-order valence-electron chi connectivity index (χ0n) is 11.6. The van der Waals surface area contributed by atoms with Crippen molar-refractivity contribution in [2.75, 3.05) is 5.32 Å². The van der Waals surface area contributed by atoms with E-state index in [1.54, 1.807) is 0 Å². The molecular weight excluding hydrogens is 284 g/mol. The molecule has 0 radical (unpaired) electrons. The number of benzene rings is 1. The first-order valence-corrected chi connectivity index (χ1v) is 7.71. The lowest BCUT2D eigenvalue weighted by Crippen LogP contribution is -2.15. The highest BCUT2D eigenvalue weighted by molar-refractivity contribution is 6.39. The summed E-state index contributed by atoms with van der Waals surface area (Å²) in [4.78, 5) is 0. The Hall–Kier alpha value is -0.470. The summed E-state index contributed by atoms with van der Waals surface area (Å²) in [6, 6.07) is 2.84. The van der Waals surface area contributed by atoms with Crippen molar-refractivity contribution in [2.45, 2.75) is 58.4 Å². The first-order chi connectivity index (χ1) is 9.04. The van der Waals surface area contributed by atoms with Crippen molar-refractivity contribution in [1.29, 1.82) is 0 Å². The van der Waals surface area contributed by atoms with Gasteiger partial charge in [0, 0.05) is 6.04 Å². The Kier molecular flexibility index (Phi) is 7.55. The van der Waals surface area contributed by atoms with E-state index < -0.39 is 5.82 Å². The third kappa shape index (κ3) is 6.01. The molecule has 19 heavy (non-hydrogen) atoms. The highest BCUT2D eigenvalue weighted by atomic mass is 35.5. The van der Waals surface area contributed by atoms with Gasteiger partial charge in [-0.15, -0.1) is 0 Å². The lowest BCUT2D eigenvalue weighted by atomic mass is 10.1. The molecule has 1 unspecified atom stereocenters. The molecule has 1 N–H and O–H groups in total. The predicted octanol–water partition coefficient (Wildman–Crippen LogP) is 6.29. The number of unbranched alkanes of at least 4 members (excludes halogenated alkanes) is 4. The minimum absolute atomic E-state index is 0.280. The van der Waals surface area contributed by atoms with Crippen LogP contribution in [-0.4, -0.2) is 6.04 Å². The molecule has 1 atom stereocenters. The fourth-order valence-corrected chi connectivity index (χ4v) is 2.62. The first-order valence-electron chi connectivity index (χ1n) is 6.95. The molecule has 0 bridgehead atoms. The average molecular weight is 306 g/mol. The molecule has 1 nitrogen and oxygen atoms in total. The summed E-state index contributed by atoms with van der Waals surface area (Å²) in [5.74, 6) is -0.409. The molecule has 0 aliphatic heterocycles. The Balaban J connectivity index is 2.42. The summed E-state index contributed by atoms with van der Waals surface area (Å²) >= 11 is 12.0. The van der Waals surface area contributed by atoms with E-state index in [0.717, 1.165) is 6.42 Å². The normalized spacial score (nSPS) is 12.5. The summed E-state index contributed by atoms with van der Waals surface area (Å²) in [6.45, 7) is 4.30. The maximum absolute atomic E-state index is 13.1. The van der Waals surface area contributed by atoms with Gasteiger partial charge in [-0.25, -0.2) is 4.39 Å². The van der Waals surface area contributed by atoms with Crippen molar-refractivity contribution >= 4 is 28.9 Å². The van der Waals surface area contributed by atoms with E-state index in [4.69, 9.17) is 23.2 Å². The Bertz CT molecular complexity index is 373. The number of halogens is 3. The lowest BCUT2D eigenvalue weighted by Gasteiger charge is -2.17. The predicted molar refractivity (Wildman–Crippen MR) is 82.9 cm³/mol. The van der Waals surface area contributed by atoms with Crippen molar-refractivity contribution < 1.29 is 4.39 Å². The molecule has 0 amide bonds. The second-order valence-corrected chi connectivity index (χ2v) is 5.81. The fourth-order valence-electron chi connectivity index (χ4n) is 2.05. The molecule has 0 aliphatic carbocycles. The molecule has 0 fully saturated rings. The van der Waals surface area contributed by atoms with E-state index in [1.807, 2.05) is 0 Å². The van der Waals surface area contributed by atoms with Crippen LogP contribution in [0.25, 0.3) is 0 Å². The van der Waals surface area contributed by atoms with Gasteiger partial charge < -0.3 is 5.32 Å². The van der Waals surface area contributed by atoms with Gasteiger partial charge in [0.15, 0.2) is 0 Å². The first kappa shape index (κ1) is 16.6. The molecule has 0 spiro atoms. The van der Waals surface area contributed by atoms with Crippen LogP contribution in [0.15, 0.2) is 12.1 Å². The summed E-state index contributed by atoms with van der Waals surface area (Å²) in [5, 5.41) is 3.94. The third-order valence-electron chi connectivity index (χ3n) is 3.14. The van der Waals surface area contributed by atoms with E-state index in [-0.39, 0.29) is 6.04 Å². The largest absolute Gasteiger partial charge is 0.380 e. The number of rotatable bonds is 8. The summed E-state index contributed by atoms with van der Waals surface area (Å²) in [6.07, 6.45) is 7.36. The van der Waals surface area contributed by atoms with Crippen LogP contribution in [0, 0.1) is 5.82 Å². The van der Waals surface area contributed by atoms with E-state index >= 15 is 0 Å². The number of hydrogen-bond acceptors (Lipinski definition) is 1. The quantitative estimate of drug-likeness (QED) is 0.556. The van der Waals surface area contributed by atoms with Crippen molar-refractivity contribution in [3.05, 3.63) is 28.0 Å². The Morgan fingerprint density at radius 3 is 2.26 bits per heavy atom. The van der Waals surface area contributed by atoms with Crippen molar-refractivity contribution in [3.8, 4) is 0 Å². The number of nitrogens with one attached hydrogen (secondary N) is 1. The monoisotopic (exact) mass is 305 g/mol. The molecule has 4 heteroatoms. The molecule has 1 aromatic rings. The van der Waals surface area contributed by atoms with Gasteiger partial charge in [-0.1, -0.05) is 62.2 Å². The molecule has 0 saturated carbocycles. The molecule has 0 aliphatic rings. The van der Waals surface area contributed by atoms with Crippen LogP contribution >= 0.6 is 23.2 Å². The zero-order valence-corrected chi connectivity index (χ0v) is 13.1.